The van der Waals surface area contributed by atoms with Crippen molar-refractivity contribution in [3.05, 3.63) is 47.8 Å². The fraction of sp³-hybridized carbons (Fsp3) is 0.353. The third-order valence-corrected chi connectivity index (χ3v) is 4.47. The molecule has 9 heteroatoms. The number of aromatic nitrogens is 2. The van der Waals surface area contributed by atoms with E-state index in [2.05, 4.69) is 10.4 Å². The van der Waals surface area contributed by atoms with E-state index in [-0.39, 0.29) is 11.3 Å². The summed E-state index contributed by atoms with van der Waals surface area (Å²) in [6.45, 7) is 0. The number of benzene rings is 1. The second-order valence-electron chi connectivity index (χ2n) is 6.24. The van der Waals surface area contributed by atoms with Gasteiger partial charge in [-0.1, -0.05) is 18.9 Å². The van der Waals surface area contributed by atoms with Crippen LogP contribution < -0.4 is 5.32 Å². The van der Waals surface area contributed by atoms with Crippen molar-refractivity contribution in [2.45, 2.75) is 37.4 Å². The van der Waals surface area contributed by atoms with E-state index in [1.807, 2.05) is 0 Å². The molecule has 1 heterocycles. The highest BCUT2D eigenvalue weighted by molar-refractivity contribution is 5.98. The molecule has 138 valence electrons. The summed E-state index contributed by atoms with van der Waals surface area (Å²) in [6.07, 6.45) is -1.30. The van der Waals surface area contributed by atoms with Crippen molar-refractivity contribution < 1.29 is 27.9 Å². The van der Waals surface area contributed by atoms with Crippen LogP contribution in [-0.2, 0) is 11.0 Å². The average molecular weight is 367 g/mol. The largest absolute Gasteiger partial charge is 0.480 e. The van der Waals surface area contributed by atoms with Gasteiger partial charge in [0.15, 0.2) is 5.69 Å². The van der Waals surface area contributed by atoms with Gasteiger partial charge < -0.3 is 10.4 Å². The third-order valence-electron chi connectivity index (χ3n) is 4.47. The van der Waals surface area contributed by atoms with Crippen LogP contribution in [0.15, 0.2) is 36.5 Å². The van der Waals surface area contributed by atoms with Crippen LogP contribution in [0.3, 0.4) is 0 Å². The lowest BCUT2D eigenvalue weighted by atomic mass is 9.97. The molecule has 0 aliphatic heterocycles. The van der Waals surface area contributed by atoms with Gasteiger partial charge >= 0.3 is 12.1 Å². The number of carbonyl (C=O) groups is 2. The van der Waals surface area contributed by atoms with Gasteiger partial charge in [0.05, 0.1) is 5.69 Å². The number of nitrogens with zero attached hydrogens (tertiary/aromatic N) is 2. The Balaban J connectivity index is 1.84. The minimum Gasteiger partial charge on any atom is -0.480 e. The predicted molar refractivity (Wildman–Crippen MR) is 84.9 cm³/mol. The number of carboxylic acids is 1. The van der Waals surface area contributed by atoms with Gasteiger partial charge in [-0.3, -0.25) is 4.79 Å². The van der Waals surface area contributed by atoms with Crippen LogP contribution in [0.25, 0.3) is 5.69 Å². The molecule has 2 aromatic rings. The number of aliphatic carboxylic acids is 1. The van der Waals surface area contributed by atoms with Crippen molar-refractivity contribution in [1.82, 2.24) is 15.1 Å². The number of carboxylic acid groups (broad SMARTS) is 1. The maximum absolute atomic E-state index is 12.7. The fourth-order valence-electron chi connectivity index (χ4n) is 3.07. The van der Waals surface area contributed by atoms with Crippen LogP contribution in [-0.4, -0.2) is 32.3 Å². The Labute approximate surface area is 146 Å². The zero-order valence-electron chi connectivity index (χ0n) is 13.6. The minimum absolute atomic E-state index is 0.152. The Kier molecular flexibility index (Phi) is 4.47. The Hall–Kier alpha value is -2.84. The molecule has 1 aliphatic rings. The summed E-state index contributed by atoms with van der Waals surface area (Å²) in [5, 5.41) is 15.5. The van der Waals surface area contributed by atoms with Crippen LogP contribution in [0.4, 0.5) is 13.2 Å². The molecule has 3 rings (SSSR count). The van der Waals surface area contributed by atoms with Gasteiger partial charge in [-0.15, -0.1) is 0 Å². The minimum atomic E-state index is -4.56. The summed E-state index contributed by atoms with van der Waals surface area (Å²) < 4.78 is 39.0. The van der Waals surface area contributed by atoms with Gasteiger partial charge in [0.2, 0.25) is 0 Å². The van der Waals surface area contributed by atoms with Crippen LogP contribution >= 0.6 is 0 Å². The first kappa shape index (κ1) is 18.0. The van der Waals surface area contributed by atoms with Crippen LogP contribution in [0.2, 0.25) is 0 Å². The smallest absolute Gasteiger partial charge is 0.435 e. The highest BCUT2D eigenvalue weighted by Gasteiger charge is 2.42. The lowest BCUT2D eigenvalue weighted by Crippen LogP contribution is -2.52. The summed E-state index contributed by atoms with van der Waals surface area (Å²) in [5.74, 6) is -1.67. The van der Waals surface area contributed by atoms with Gasteiger partial charge in [-0.05, 0) is 37.1 Å². The molecule has 0 radical (unpaired) electrons. The standard InChI is InChI=1S/C17H16F3N3O3/c18-17(19,20)13-6-9-23(22-13)12-5-3-4-11(10-12)14(24)21-16(15(25)26)7-1-2-8-16/h3-6,9-10H,1-2,7-8H2,(H,21,24)(H,25,26). The molecule has 2 N–H and O–H groups in total. The van der Waals surface area contributed by atoms with Gasteiger partial charge in [-0.2, -0.15) is 18.3 Å². The Morgan fingerprint density at radius 3 is 2.46 bits per heavy atom. The monoisotopic (exact) mass is 367 g/mol. The lowest BCUT2D eigenvalue weighted by molar-refractivity contribution is -0.144. The topological polar surface area (TPSA) is 84.2 Å². The number of nitrogens with one attached hydrogen (secondary N) is 1. The molecule has 0 spiro atoms. The predicted octanol–water partition coefficient (Wildman–Crippen LogP) is 3.02. The molecule has 6 nitrogen and oxygen atoms in total. The molecular formula is C17H16F3N3O3. The quantitative estimate of drug-likeness (QED) is 0.870. The zero-order chi connectivity index (χ0) is 18.9. The number of hydrogen-bond donors (Lipinski definition) is 2. The van der Waals surface area contributed by atoms with Gasteiger partial charge in [-0.25, -0.2) is 9.48 Å². The number of halogens is 3. The maximum Gasteiger partial charge on any atom is 0.435 e. The fourth-order valence-corrected chi connectivity index (χ4v) is 3.07. The molecular weight excluding hydrogens is 351 g/mol. The number of hydrogen-bond acceptors (Lipinski definition) is 3. The second kappa shape index (κ2) is 6.47. The van der Waals surface area contributed by atoms with Crippen molar-refractivity contribution >= 4 is 11.9 Å². The highest BCUT2D eigenvalue weighted by atomic mass is 19.4. The third kappa shape index (κ3) is 3.42. The molecule has 0 saturated heterocycles. The first-order chi connectivity index (χ1) is 12.2. The van der Waals surface area contributed by atoms with Crippen LogP contribution in [0.5, 0.6) is 0 Å². The van der Waals surface area contributed by atoms with E-state index in [9.17, 15) is 27.9 Å². The Bertz CT molecular complexity index is 839. The van der Waals surface area contributed by atoms with Gasteiger partial charge in [0.1, 0.15) is 5.54 Å². The SMILES string of the molecule is O=C(NC1(C(=O)O)CCCC1)c1cccc(-n2ccc(C(F)(F)F)n2)c1. The Morgan fingerprint density at radius 1 is 1.19 bits per heavy atom. The van der Waals surface area contributed by atoms with E-state index in [1.165, 1.54) is 24.3 Å². The molecule has 1 aromatic carbocycles. The summed E-state index contributed by atoms with van der Waals surface area (Å²) in [5.41, 5.74) is -1.91. The summed E-state index contributed by atoms with van der Waals surface area (Å²) in [7, 11) is 0. The highest BCUT2D eigenvalue weighted by Crippen LogP contribution is 2.30. The van der Waals surface area contributed by atoms with Crippen LogP contribution in [0.1, 0.15) is 41.7 Å². The number of amides is 1. The normalized spacial score (nSPS) is 16.4. The zero-order valence-corrected chi connectivity index (χ0v) is 13.6. The summed E-state index contributed by atoms with van der Waals surface area (Å²) in [4.78, 5) is 24.0. The molecule has 0 bridgehead atoms. The molecule has 0 atom stereocenters. The van der Waals surface area contributed by atoms with E-state index in [4.69, 9.17) is 0 Å². The lowest BCUT2D eigenvalue weighted by Gasteiger charge is -2.25. The molecule has 1 fully saturated rings. The number of alkyl halides is 3. The van der Waals surface area contributed by atoms with Crippen molar-refractivity contribution in [3.63, 3.8) is 0 Å². The molecule has 0 unspecified atom stereocenters. The maximum atomic E-state index is 12.7. The molecule has 1 aliphatic carbocycles. The molecule has 1 aromatic heterocycles. The molecule has 1 amide bonds. The van der Waals surface area contributed by atoms with E-state index in [0.717, 1.165) is 16.9 Å². The molecule has 1 saturated carbocycles. The summed E-state index contributed by atoms with van der Waals surface area (Å²) in [6, 6.07) is 6.68. The first-order valence-corrected chi connectivity index (χ1v) is 8.00. The molecule has 26 heavy (non-hydrogen) atoms. The first-order valence-electron chi connectivity index (χ1n) is 8.00. The average Bonchev–Trinajstić information content (AvgIpc) is 3.24. The van der Waals surface area contributed by atoms with Crippen molar-refractivity contribution in [3.8, 4) is 5.69 Å². The Morgan fingerprint density at radius 2 is 1.88 bits per heavy atom. The number of rotatable bonds is 4. The van der Waals surface area contributed by atoms with Crippen molar-refractivity contribution in [2.24, 2.45) is 0 Å². The summed E-state index contributed by atoms with van der Waals surface area (Å²) >= 11 is 0. The van der Waals surface area contributed by atoms with Gasteiger partial charge in [0.25, 0.3) is 5.91 Å². The second-order valence-corrected chi connectivity index (χ2v) is 6.24. The van der Waals surface area contributed by atoms with E-state index in [1.54, 1.807) is 0 Å². The van der Waals surface area contributed by atoms with E-state index in [0.29, 0.717) is 25.7 Å². The van der Waals surface area contributed by atoms with Crippen LogP contribution in [0, 0.1) is 0 Å². The van der Waals surface area contributed by atoms with Gasteiger partial charge in [0, 0.05) is 11.8 Å². The van der Waals surface area contributed by atoms with E-state index >= 15 is 0 Å². The van der Waals surface area contributed by atoms with E-state index < -0.39 is 29.3 Å². The number of carbonyl (C=O) groups excluding carboxylic acids is 1. The van der Waals surface area contributed by atoms with Crippen molar-refractivity contribution in [1.29, 1.82) is 0 Å². The van der Waals surface area contributed by atoms with Crippen molar-refractivity contribution in [2.75, 3.05) is 0 Å².